The molecule has 0 bridgehead atoms. The highest BCUT2D eigenvalue weighted by Gasteiger charge is 2.21. The summed E-state index contributed by atoms with van der Waals surface area (Å²) in [7, 11) is -2.34. The van der Waals surface area contributed by atoms with Gasteiger partial charge in [-0.15, -0.1) is 0 Å². The molecule has 0 saturated heterocycles. The Balaban J connectivity index is 2.40. The maximum absolute atomic E-state index is 12.3. The van der Waals surface area contributed by atoms with Crippen LogP contribution in [0.15, 0.2) is 52.3 Å². The van der Waals surface area contributed by atoms with Gasteiger partial charge in [0.2, 0.25) is 5.56 Å². The predicted molar refractivity (Wildman–Crippen MR) is 73.8 cm³/mol. The molecule has 0 spiro atoms. The van der Waals surface area contributed by atoms with Crippen molar-refractivity contribution >= 4 is 15.7 Å². The van der Waals surface area contributed by atoms with Crippen molar-refractivity contribution in [2.75, 3.05) is 11.4 Å². The highest BCUT2D eigenvalue weighted by molar-refractivity contribution is 7.92. The lowest BCUT2D eigenvalue weighted by Gasteiger charge is -2.19. The normalized spacial score (nSPS) is 10.8. The molecule has 1 aromatic heterocycles. The number of aromatic amines is 1. The number of sulfonamides is 1. The van der Waals surface area contributed by atoms with Gasteiger partial charge in [-0.3, -0.25) is 9.10 Å². The number of pyridine rings is 1. The number of aromatic nitrogens is 1. The lowest BCUT2D eigenvalue weighted by molar-refractivity contribution is 0.594. The largest absolute Gasteiger partial charge is 0.328 e. The van der Waals surface area contributed by atoms with E-state index in [-0.39, 0.29) is 10.5 Å². The summed E-state index contributed by atoms with van der Waals surface area (Å²) in [5, 5.41) is 8.72. The summed E-state index contributed by atoms with van der Waals surface area (Å²) in [6, 6.07) is 10.5. The summed E-state index contributed by atoms with van der Waals surface area (Å²) in [6.07, 6.45) is 1.15. The van der Waals surface area contributed by atoms with E-state index in [1.807, 2.05) is 6.07 Å². The molecule has 7 heteroatoms. The molecular formula is C13H11N3O3S. The maximum Gasteiger partial charge on any atom is 0.265 e. The van der Waals surface area contributed by atoms with Crippen LogP contribution in [0.4, 0.5) is 5.69 Å². The number of H-pyrrole nitrogens is 1. The van der Waals surface area contributed by atoms with Crippen molar-refractivity contribution in [3.05, 3.63) is 58.5 Å². The minimum absolute atomic E-state index is 0.0102. The van der Waals surface area contributed by atoms with E-state index < -0.39 is 10.0 Å². The summed E-state index contributed by atoms with van der Waals surface area (Å²) in [4.78, 5) is 13.3. The monoisotopic (exact) mass is 289 g/mol. The van der Waals surface area contributed by atoms with Gasteiger partial charge in [0.1, 0.15) is 4.90 Å². The van der Waals surface area contributed by atoms with E-state index in [1.54, 1.807) is 12.1 Å². The van der Waals surface area contributed by atoms with Crippen LogP contribution in [0.3, 0.4) is 0 Å². The third kappa shape index (κ3) is 2.55. The van der Waals surface area contributed by atoms with Crippen molar-refractivity contribution in [3.63, 3.8) is 0 Å². The standard InChI is InChI=1S/C13H11N3O3S/c1-16(11-4-2-10(8-14)3-5-11)20(18,19)12-6-7-13(17)15-9-12/h2-7,9H,1H3,(H,15,17). The van der Waals surface area contributed by atoms with Crippen LogP contribution in [-0.2, 0) is 10.0 Å². The summed E-state index contributed by atoms with van der Waals surface area (Å²) in [6.45, 7) is 0. The van der Waals surface area contributed by atoms with Gasteiger partial charge in [0.05, 0.1) is 17.3 Å². The zero-order chi connectivity index (χ0) is 14.8. The minimum Gasteiger partial charge on any atom is -0.328 e. The number of nitrogens with one attached hydrogen (secondary N) is 1. The van der Waals surface area contributed by atoms with Crippen molar-refractivity contribution in [1.29, 1.82) is 5.26 Å². The summed E-state index contributed by atoms with van der Waals surface area (Å²) in [5.41, 5.74) is 0.503. The van der Waals surface area contributed by atoms with Gasteiger partial charge < -0.3 is 4.98 Å². The Morgan fingerprint density at radius 3 is 2.30 bits per heavy atom. The van der Waals surface area contributed by atoms with Gasteiger partial charge in [-0.05, 0) is 30.3 Å². The lowest BCUT2D eigenvalue weighted by atomic mass is 10.2. The zero-order valence-corrected chi connectivity index (χ0v) is 11.4. The van der Waals surface area contributed by atoms with E-state index in [0.717, 1.165) is 16.6 Å². The maximum atomic E-state index is 12.3. The van der Waals surface area contributed by atoms with Crippen LogP contribution in [0, 0.1) is 11.3 Å². The van der Waals surface area contributed by atoms with Crippen LogP contribution >= 0.6 is 0 Å². The number of rotatable bonds is 3. The Morgan fingerprint density at radius 1 is 1.15 bits per heavy atom. The first-order valence-corrected chi connectivity index (χ1v) is 7.07. The second-order valence-corrected chi connectivity index (χ2v) is 5.99. The molecule has 0 unspecified atom stereocenters. The van der Waals surface area contributed by atoms with Crippen LogP contribution in [0.5, 0.6) is 0 Å². The fraction of sp³-hybridized carbons (Fsp3) is 0.0769. The second kappa shape index (κ2) is 5.19. The van der Waals surface area contributed by atoms with Crippen LogP contribution in [0.1, 0.15) is 5.56 Å². The highest BCUT2D eigenvalue weighted by atomic mass is 32.2. The van der Waals surface area contributed by atoms with Gasteiger partial charge >= 0.3 is 0 Å². The Labute approximate surface area is 116 Å². The Hall–Kier alpha value is -2.59. The highest BCUT2D eigenvalue weighted by Crippen LogP contribution is 2.21. The van der Waals surface area contributed by atoms with Crippen LogP contribution in [0.2, 0.25) is 0 Å². The number of nitriles is 1. The van der Waals surface area contributed by atoms with Crippen molar-refractivity contribution < 1.29 is 8.42 Å². The first-order valence-electron chi connectivity index (χ1n) is 5.63. The molecule has 0 radical (unpaired) electrons. The molecule has 1 aromatic carbocycles. The molecule has 2 aromatic rings. The average molecular weight is 289 g/mol. The second-order valence-electron chi connectivity index (χ2n) is 4.02. The van der Waals surface area contributed by atoms with E-state index in [1.165, 1.54) is 25.2 Å². The Bertz CT molecular complexity index is 797. The van der Waals surface area contributed by atoms with Crippen LogP contribution < -0.4 is 9.86 Å². The summed E-state index contributed by atoms with van der Waals surface area (Å²) >= 11 is 0. The fourth-order valence-corrected chi connectivity index (χ4v) is 2.76. The molecule has 0 aliphatic rings. The van der Waals surface area contributed by atoms with Crippen molar-refractivity contribution in [2.24, 2.45) is 0 Å². The SMILES string of the molecule is CN(c1ccc(C#N)cc1)S(=O)(=O)c1ccc(=O)[nH]c1. The predicted octanol–water partition coefficient (Wildman–Crippen LogP) is 1.07. The molecule has 6 nitrogen and oxygen atoms in total. The number of benzene rings is 1. The molecule has 1 heterocycles. The molecule has 0 amide bonds. The first-order chi connectivity index (χ1) is 9.45. The van der Waals surface area contributed by atoms with Gasteiger partial charge in [-0.2, -0.15) is 5.26 Å². The number of nitrogens with zero attached hydrogens (tertiary/aromatic N) is 2. The molecule has 0 aliphatic carbocycles. The van der Waals surface area contributed by atoms with Crippen molar-refractivity contribution in [1.82, 2.24) is 4.98 Å². The molecule has 0 fully saturated rings. The molecular weight excluding hydrogens is 278 g/mol. The van der Waals surface area contributed by atoms with Gasteiger partial charge in [-0.25, -0.2) is 8.42 Å². The minimum atomic E-state index is -3.75. The smallest absolute Gasteiger partial charge is 0.265 e. The van der Waals surface area contributed by atoms with Crippen LogP contribution in [-0.4, -0.2) is 20.4 Å². The molecule has 1 N–H and O–H groups in total. The summed E-state index contributed by atoms with van der Waals surface area (Å²) < 4.78 is 25.8. The lowest BCUT2D eigenvalue weighted by Crippen LogP contribution is -2.27. The first kappa shape index (κ1) is 13.8. The molecule has 20 heavy (non-hydrogen) atoms. The van der Waals surface area contributed by atoms with Gasteiger partial charge in [0.15, 0.2) is 0 Å². The molecule has 0 atom stereocenters. The van der Waals surface area contributed by atoms with Crippen molar-refractivity contribution in [3.8, 4) is 6.07 Å². The Morgan fingerprint density at radius 2 is 1.80 bits per heavy atom. The van der Waals surface area contributed by atoms with Gasteiger partial charge in [0.25, 0.3) is 10.0 Å². The average Bonchev–Trinajstić information content (AvgIpc) is 2.47. The van der Waals surface area contributed by atoms with Crippen LogP contribution in [0.25, 0.3) is 0 Å². The number of hydrogen-bond acceptors (Lipinski definition) is 4. The van der Waals surface area contributed by atoms with E-state index in [2.05, 4.69) is 4.98 Å². The summed E-state index contributed by atoms with van der Waals surface area (Å²) in [5.74, 6) is 0. The fourth-order valence-electron chi connectivity index (χ4n) is 1.60. The van der Waals surface area contributed by atoms with Gasteiger partial charge in [0, 0.05) is 19.3 Å². The molecule has 102 valence electrons. The number of anilines is 1. The van der Waals surface area contributed by atoms with Gasteiger partial charge in [-0.1, -0.05) is 0 Å². The third-order valence-corrected chi connectivity index (χ3v) is 4.56. The number of hydrogen-bond donors (Lipinski definition) is 1. The van der Waals surface area contributed by atoms with E-state index >= 15 is 0 Å². The zero-order valence-electron chi connectivity index (χ0n) is 10.6. The molecule has 0 aliphatic heterocycles. The third-order valence-electron chi connectivity index (χ3n) is 2.77. The molecule has 2 rings (SSSR count). The Kier molecular flexibility index (Phi) is 3.59. The van der Waals surface area contributed by atoms with Crippen molar-refractivity contribution in [2.45, 2.75) is 4.90 Å². The van der Waals surface area contributed by atoms with E-state index in [4.69, 9.17) is 5.26 Å². The topological polar surface area (TPSA) is 94.0 Å². The molecule has 0 saturated carbocycles. The van der Waals surface area contributed by atoms with E-state index in [9.17, 15) is 13.2 Å². The van der Waals surface area contributed by atoms with E-state index in [0.29, 0.717) is 11.3 Å². The quantitative estimate of drug-likeness (QED) is 0.914.